The van der Waals surface area contributed by atoms with Gasteiger partial charge in [0.15, 0.2) is 0 Å². The van der Waals surface area contributed by atoms with Gasteiger partial charge in [0.1, 0.15) is 0 Å². The average Bonchev–Trinajstić information content (AvgIpc) is 2.52. The van der Waals surface area contributed by atoms with Gasteiger partial charge in [-0.1, -0.05) is 84.5 Å². The summed E-state index contributed by atoms with van der Waals surface area (Å²) in [5.74, 6) is 1.05. The monoisotopic (exact) mass is 331 g/mol. The molecule has 0 aromatic carbocycles. The van der Waals surface area contributed by atoms with Crippen molar-refractivity contribution in [2.45, 2.75) is 104 Å². The van der Waals surface area contributed by atoms with E-state index in [1.54, 1.807) is 0 Å². The number of piperidine rings is 1. The molecule has 1 heterocycles. The third-order valence-electron chi connectivity index (χ3n) is 5.25. The maximum absolute atomic E-state index is 2.73. The van der Waals surface area contributed by atoms with Crippen molar-refractivity contribution in [3.63, 3.8) is 0 Å². The summed E-state index contributed by atoms with van der Waals surface area (Å²) in [5, 5.41) is 0. The van der Waals surface area contributed by atoms with Crippen LogP contribution in [-0.2, 0) is 0 Å². The van der Waals surface area contributed by atoms with E-state index in [0.29, 0.717) is 0 Å². The van der Waals surface area contributed by atoms with Crippen molar-refractivity contribution < 1.29 is 0 Å². The number of unbranched alkanes of at least 4 members (excludes halogenated alkanes) is 9. The molecule has 1 aliphatic rings. The molecular weight excluding hydrogens is 290 g/mol. The second-order valence-electron chi connectivity index (χ2n) is 7.26. The fourth-order valence-electron chi connectivity index (χ4n) is 3.64. The quantitative estimate of drug-likeness (QED) is 0.334. The van der Waals surface area contributed by atoms with Gasteiger partial charge in [-0.2, -0.15) is 0 Å². The molecule has 134 valence electrons. The van der Waals surface area contributed by atoms with Crippen LogP contribution in [0.3, 0.4) is 0 Å². The number of rotatable bonds is 13. The molecule has 1 rings (SSSR count). The Morgan fingerprint density at radius 1 is 0.682 bits per heavy atom. The second-order valence-corrected chi connectivity index (χ2v) is 7.26. The van der Waals surface area contributed by atoms with Gasteiger partial charge in [0.25, 0.3) is 0 Å². The summed E-state index contributed by atoms with van der Waals surface area (Å²) in [7, 11) is 0. The first kappa shape index (κ1) is 22.2. The Morgan fingerprint density at radius 2 is 1.18 bits per heavy atom. The van der Waals surface area contributed by atoms with Crippen molar-refractivity contribution in [2.24, 2.45) is 5.92 Å². The van der Waals surface area contributed by atoms with Crippen LogP contribution < -0.4 is 0 Å². The van der Waals surface area contributed by atoms with Crippen LogP contribution in [0.15, 0.2) is 0 Å². The third-order valence-corrected chi connectivity index (χ3v) is 5.25. The molecule has 1 nitrogen and oxygen atoms in total. The molecule has 0 bridgehead atoms. The minimum Gasteiger partial charge on any atom is -0.303 e. The Balaban J connectivity index is 0.00000441. The minimum atomic E-state index is 0. The summed E-state index contributed by atoms with van der Waals surface area (Å²) >= 11 is 0. The first-order chi connectivity index (χ1) is 10.4. The first-order valence-electron chi connectivity index (χ1n) is 10.1. The van der Waals surface area contributed by atoms with Gasteiger partial charge in [0.2, 0.25) is 0 Å². The first-order valence-corrected chi connectivity index (χ1v) is 10.1. The Kier molecular flexibility index (Phi) is 16.3. The number of nitrogens with zero attached hydrogens (tertiary/aromatic N) is 1. The summed E-state index contributed by atoms with van der Waals surface area (Å²) in [4.78, 5) is 2.73. The summed E-state index contributed by atoms with van der Waals surface area (Å²) in [6.07, 6.45) is 20.3. The van der Waals surface area contributed by atoms with Gasteiger partial charge in [-0.15, -0.1) is 12.4 Å². The van der Waals surface area contributed by atoms with Crippen molar-refractivity contribution in [2.75, 3.05) is 19.6 Å². The molecule has 22 heavy (non-hydrogen) atoms. The van der Waals surface area contributed by atoms with Crippen molar-refractivity contribution >= 4 is 12.4 Å². The average molecular weight is 332 g/mol. The predicted molar refractivity (Wildman–Crippen MR) is 103 cm³/mol. The van der Waals surface area contributed by atoms with Crippen molar-refractivity contribution in [1.82, 2.24) is 4.90 Å². The van der Waals surface area contributed by atoms with Crippen molar-refractivity contribution in [1.29, 1.82) is 0 Å². The fraction of sp³-hybridized carbons (Fsp3) is 1.00. The van der Waals surface area contributed by atoms with Crippen molar-refractivity contribution in [3.05, 3.63) is 0 Å². The zero-order valence-electron chi connectivity index (χ0n) is 15.5. The lowest BCUT2D eigenvalue weighted by atomic mass is 9.91. The third kappa shape index (κ3) is 11.8. The standard InChI is InChI=1S/C20H41N.ClH/c1-3-5-7-8-9-10-11-12-13-17-21-18-15-20(16-19-21)14-6-4-2;/h20H,3-19H2,1-2H3;1H. The zero-order valence-corrected chi connectivity index (χ0v) is 16.3. The Bertz CT molecular complexity index is 212. The molecule has 0 aromatic rings. The molecule has 0 aromatic heterocycles. The van der Waals surface area contributed by atoms with Gasteiger partial charge < -0.3 is 4.90 Å². The van der Waals surface area contributed by atoms with E-state index in [0.717, 1.165) is 5.92 Å². The molecular formula is C20H42ClN. The van der Waals surface area contributed by atoms with E-state index in [9.17, 15) is 0 Å². The van der Waals surface area contributed by atoms with Crippen LogP contribution in [0.5, 0.6) is 0 Å². The van der Waals surface area contributed by atoms with E-state index in [1.807, 2.05) is 0 Å². The highest BCUT2D eigenvalue weighted by atomic mass is 35.5. The molecule has 1 fully saturated rings. The van der Waals surface area contributed by atoms with E-state index >= 15 is 0 Å². The van der Waals surface area contributed by atoms with E-state index in [4.69, 9.17) is 0 Å². The zero-order chi connectivity index (χ0) is 15.2. The maximum Gasteiger partial charge on any atom is -0.00161 e. The number of hydrogen-bond acceptors (Lipinski definition) is 1. The van der Waals surface area contributed by atoms with Gasteiger partial charge in [-0.3, -0.25) is 0 Å². The highest BCUT2D eigenvalue weighted by Gasteiger charge is 2.17. The Morgan fingerprint density at radius 3 is 1.73 bits per heavy atom. The summed E-state index contributed by atoms with van der Waals surface area (Å²) < 4.78 is 0. The second kappa shape index (κ2) is 16.1. The summed E-state index contributed by atoms with van der Waals surface area (Å²) in [6, 6.07) is 0. The van der Waals surface area contributed by atoms with E-state index in [2.05, 4.69) is 18.7 Å². The molecule has 0 saturated carbocycles. The summed E-state index contributed by atoms with van der Waals surface area (Å²) in [6.45, 7) is 8.75. The normalized spacial score (nSPS) is 16.6. The van der Waals surface area contributed by atoms with Crippen LogP contribution in [0.2, 0.25) is 0 Å². The van der Waals surface area contributed by atoms with E-state index < -0.39 is 0 Å². The highest BCUT2D eigenvalue weighted by molar-refractivity contribution is 5.85. The maximum atomic E-state index is 2.73. The van der Waals surface area contributed by atoms with Gasteiger partial charge >= 0.3 is 0 Å². The van der Waals surface area contributed by atoms with Gasteiger partial charge in [0, 0.05) is 0 Å². The SMILES string of the molecule is CCCCCCCCCCCN1CCC(CCCC)CC1.Cl. The predicted octanol–water partition coefficient (Wildman–Crippen LogP) is 6.84. The van der Waals surface area contributed by atoms with Crippen LogP contribution >= 0.6 is 12.4 Å². The molecule has 0 radical (unpaired) electrons. The smallest absolute Gasteiger partial charge is 0.00161 e. The lowest BCUT2D eigenvalue weighted by Crippen LogP contribution is -2.34. The molecule has 0 aliphatic carbocycles. The van der Waals surface area contributed by atoms with Crippen LogP contribution in [-0.4, -0.2) is 24.5 Å². The fourth-order valence-corrected chi connectivity index (χ4v) is 3.64. The number of halogens is 1. The minimum absolute atomic E-state index is 0. The van der Waals surface area contributed by atoms with Crippen molar-refractivity contribution in [3.8, 4) is 0 Å². The lowest BCUT2D eigenvalue weighted by molar-refractivity contribution is 0.174. The van der Waals surface area contributed by atoms with Gasteiger partial charge in [-0.05, 0) is 44.8 Å². The molecule has 0 unspecified atom stereocenters. The van der Waals surface area contributed by atoms with Crippen LogP contribution in [0.1, 0.15) is 104 Å². The Hall–Kier alpha value is 0.250. The molecule has 0 atom stereocenters. The molecule has 0 spiro atoms. The number of likely N-dealkylation sites (tertiary alicyclic amines) is 1. The number of hydrogen-bond donors (Lipinski definition) is 0. The van der Waals surface area contributed by atoms with Gasteiger partial charge in [0.05, 0.1) is 0 Å². The lowest BCUT2D eigenvalue weighted by Gasteiger charge is -2.32. The molecule has 0 amide bonds. The molecule has 2 heteroatoms. The van der Waals surface area contributed by atoms with Crippen LogP contribution in [0.4, 0.5) is 0 Å². The van der Waals surface area contributed by atoms with E-state index in [-0.39, 0.29) is 12.4 Å². The molecule has 0 N–H and O–H groups in total. The summed E-state index contributed by atoms with van der Waals surface area (Å²) in [5.41, 5.74) is 0. The molecule has 1 saturated heterocycles. The van der Waals surface area contributed by atoms with Gasteiger partial charge in [-0.25, -0.2) is 0 Å². The Labute approximate surface area is 147 Å². The van der Waals surface area contributed by atoms with Crippen LogP contribution in [0, 0.1) is 5.92 Å². The largest absolute Gasteiger partial charge is 0.303 e. The molecule has 1 aliphatic heterocycles. The van der Waals surface area contributed by atoms with E-state index in [1.165, 1.54) is 110 Å². The topological polar surface area (TPSA) is 3.24 Å². The van der Waals surface area contributed by atoms with Crippen LogP contribution in [0.25, 0.3) is 0 Å². The highest BCUT2D eigenvalue weighted by Crippen LogP contribution is 2.22.